The van der Waals surface area contributed by atoms with E-state index in [2.05, 4.69) is 17.4 Å². The van der Waals surface area contributed by atoms with E-state index in [9.17, 15) is 4.79 Å². The molecule has 1 amide bonds. The molecule has 1 heterocycles. The Labute approximate surface area is 125 Å². The Morgan fingerprint density at radius 1 is 1.29 bits per heavy atom. The average Bonchev–Trinajstić information content (AvgIpc) is 2.83. The van der Waals surface area contributed by atoms with E-state index in [1.807, 2.05) is 38.1 Å². The van der Waals surface area contributed by atoms with Gasteiger partial charge >= 0.3 is 0 Å². The van der Waals surface area contributed by atoms with E-state index in [0.717, 1.165) is 18.5 Å². The maximum absolute atomic E-state index is 12.4. The Bertz CT molecular complexity index is 612. The first kappa shape index (κ1) is 15.3. The van der Waals surface area contributed by atoms with Gasteiger partial charge in [0.2, 0.25) is 0 Å². The summed E-state index contributed by atoms with van der Waals surface area (Å²) in [6.45, 7) is 7.90. The van der Waals surface area contributed by atoms with Crippen LogP contribution < -0.4 is 5.32 Å². The minimum absolute atomic E-state index is 0.124. The minimum Gasteiger partial charge on any atom is -0.360 e. The Balaban J connectivity index is 2.16. The van der Waals surface area contributed by atoms with E-state index in [1.54, 1.807) is 6.92 Å². The van der Waals surface area contributed by atoms with Crippen molar-refractivity contribution in [1.82, 2.24) is 5.16 Å². The second kappa shape index (κ2) is 6.57. The van der Waals surface area contributed by atoms with E-state index in [-0.39, 0.29) is 11.8 Å². The van der Waals surface area contributed by atoms with E-state index in [4.69, 9.17) is 4.52 Å². The van der Waals surface area contributed by atoms with Crippen molar-refractivity contribution >= 4 is 11.6 Å². The zero-order valence-corrected chi connectivity index (χ0v) is 13.1. The van der Waals surface area contributed by atoms with Crippen molar-refractivity contribution in [3.8, 4) is 0 Å². The molecule has 1 aromatic heterocycles. The van der Waals surface area contributed by atoms with Gasteiger partial charge in [-0.1, -0.05) is 44.5 Å². The first-order valence-electron chi connectivity index (χ1n) is 7.39. The number of nitrogens with zero attached hydrogens (tertiary/aromatic N) is 1. The van der Waals surface area contributed by atoms with Crippen LogP contribution in [0, 0.1) is 6.92 Å². The first-order valence-corrected chi connectivity index (χ1v) is 7.39. The second-order valence-electron chi connectivity index (χ2n) is 5.56. The molecule has 21 heavy (non-hydrogen) atoms. The molecule has 0 radical (unpaired) electrons. The zero-order valence-electron chi connectivity index (χ0n) is 13.1. The third-order valence-electron chi connectivity index (χ3n) is 3.39. The maximum Gasteiger partial charge on any atom is 0.261 e. The van der Waals surface area contributed by atoms with Gasteiger partial charge in [-0.2, -0.15) is 0 Å². The van der Waals surface area contributed by atoms with E-state index < -0.39 is 0 Å². The molecular formula is C17H22N2O2. The highest BCUT2D eigenvalue weighted by Gasteiger charge is 2.22. The number of benzene rings is 1. The van der Waals surface area contributed by atoms with Crippen LogP contribution in [0.5, 0.6) is 0 Å². The number of anilines is 1. The van der Waals surface area contributed by atoms with Crippen LogP contribution in [-0.2, 0) is 6.42 Å². The number of carbonyl (C=O) groups excluding carboxylic acids is 1. The lowest BCUT2D eigenvalue weighted by Crippen LogP contribution is -2.14. The molecule has 112 valence electrons. The number of aryl methyl sites for hydroxylation is 2. The Morgan fingerprint density at radius 2 is 1.95 bits per heavy atom. The van der Waals surface area contributed by atoms with Gasteiger partial charge in [0, 0.05) is 11.6 Å². The zero-order chi connectivity index (χ0) is 15.4. The maximum atomic E-state index is 12.4. The molecule has 2 aromatic rings. The molecule has 0 aliphatic rings. The molecule has 0 spiro atoms. The molecule has 0 aliphatic heterocycles. The van der Waals surface area contributed by atoms with Crippen molar-refractivity contribution < 1.29 is 9.32 Å². The van der Waals surface area contributed by atoms with Crippen molar-refractivity contribution in [3.63, 3.8) is 0 Å². The Kier molecular flexibility index (Phi) is 4.78. The van der Waals surface area contributed by atoms with Gasteiger partial charge in [-0.3, -0.25) is 4.79 Å². The van der Waals surface area contributed by atoms with Crippen LogP contribution in [-0.4, -0.2) is 11.1 Å². The summed E-state index contributed by atoms with van der Waals surface area (Å²) in [5.41, 5.74) is 3.23. The fraction of sp³-hybridized carbons (Fsp3) is 0.412. The largest absolute Gasteiger partial charge is 0.360 e. The van der Waals surface area contributed by atoms with Crippen LogP contribution in [0.4, 0.5) is 5.69 Å². The average molecular weight is 286 g/mol. The predicted octanol–water partition coefficient (Wildman–Crippen LogP) is 4.31. The van der Waals surface area contributed by atoms with Crippen molar-refractivity contribution in [3.05, 3.63) is 46.8 Å². The number of rotatable bonds is 5. The molecule has 0 bridgehead atoms. The van der Waals surface area contributed by atoms with Gasteiger partial charge in [-0.25, -0.2) is 0 Å². The number of amides is 1. The van der Waals surface area contributed by atoms with Gasteiger partial charge in [0.05, 0.1) is 5.69 Å². The molecule has 0 aliphatic carbocycles. The van der Waals surface area contributed by atoms with Crippen molar-refractivity contribution in [1.29, 1.82) is 0 Å². The molecule has 4 heteroatoms. The summed E-state index contributed by atoms with van der Waals surface area (Å²) in [5, 5.41) is 6.81. The summed E-state index contributed by atoms with van der Waals surface area (Å²) < 4.78 is 5.26. The summed E-state index contributed by atoms with van der Waals surface area (Å²) in [6.07, 6.45) is 2.17. The first-order chi connectivity index (χ1) is 10.0. The second-order valence-corrected chi connectivity index (χ2v) is 5.56. The number of hydrogen-bond acceptors (Lipinski definition) is 3. The highest BCUT2D eigenvalue weighted by atomic mass is 16.5. The van der Waals surface area contributed by atoms with Crippen molar-refractivity contribution in [2.24, 2.45) is 0 Å². The van der Waals surface area contributed by atoms with Crippen LogP contribution >= 0.6 is 0 Å². The normalized spacial score (nSPS) is 10.9. The van der Waals surface area contributed by atoms with Crippen molar-refractivity contribution in [2.45, 2.75) is 46.5 Å². The summed E-state index contributed by atoms with van der Waals surface area (Å²) in [7, 11) is 0. The number of aromatic nitrogens is 1. The quantitative estimate of drug-likeness (QED) is 0.891. The standard InChI is InChI=1S/C17H22N2O2/c1-5-6-13-7-9-14(10-8-13)18-17(20)15-12(4)19-21-16(15)11(2)3/h7-11H,5-6H2,1-4H3,(H,18,20). The molecule has 0 saturated heterocycles. The van der Waals surface area contributed by atoms with E-state index in [0.29, 0.717) is 17.0 Å². The van der Waals surface area contributed by atoms with E-state index >= 15 is 0 Å². The third-order valence-corrected chi connectivity index (χ3v) is 3.39. The molecule has 0 atom stereocenters. The van der Waals surface area contributed by atoms with E-state index in [1.165, 1.54) is 5.56 Å². The van der Waals surface area contributed by atoms with Gasteiger partial charge in [-0.15, -0.1) is 0 Å². The molecule has 4 nitrogen and oxygen atoms in total. The lowest BCUT2D eigenvalue weighted by atomic mass is 10.0. The highest BCUT2D eigenvalue weighted by molar-refractivity contribution is 6.05. The molecule has 0 saturated carbocycles. The number of carbonyl (C=O) groups is 1. The van der Waals surface area contributed by atoms with Crippen LogP contribution in [0.15, 0.2) is 28.8 Å². The Morgan fingerprint density at radius 3 is 2.52 bits per heavy atom. The molecule has 1 aromatic carbocycles. The fourth-order valence-electron chi connectivity index (χ4n) is 2.29. The predicted molar refractivity (Wildman–Crippen MR) is 83.7 cm³/mol. The molecular weight excluding hydrogens is 264 g/mol. The third kappa shape index (κ3) is 3.51. The lowest BCUT2D eigenvalue weighted by molar-refractivity contribution is 0.102. The SMILES string of the molecule is CCCc1ccc(NC(=O)c2c(C)noc2C(C)C)cc1. The summed E-state index contributed by atoms with van der Waals surface area (Å²) in [6, 6.07) is 7.95. The van der Waals surface area contributed by atoms with Gasteiger partial charge in [0.15, 0.2) is 5.76 Å². The molecule has 0 fully saturated rings. The molecule has 2 rings (SSSR count). The highest BCUT2D eigenvalue weighted by Crippen LogP contribution is 2.23. The smallest absolute Gasteiger partial charge is 0.261 e. The Hall–Kier alpha value is -2.10. The minimum atomic E-state index is -0.166. The number of hydrogen-bond donors (Lipinski definition) is 1. The fourth-order valence-corrected chi connectivity index (χ4v) is 2.29. The van der Waals surface area contributed by atoms with Gasteiger partial charge < -0.3 is 9.84 Å². The van der Waals surface area contributed by atoms with Gasteiger partial charge in [0.25, 0.3) is 5.91 Å². The summed E-state index contributed by atoms with van der Waals surface area (Å²) in [5.74, 6) is 0.590. The lowest BCUT2D eigenvalue weighted by Gasteiger charge is -2.08. The van der Waals surface area contributed by atoms with Gasteiger partial charge in [-0.05, 0) is 31.0 Å². The topological polar surface area (TPSA) is 55.1 Å². The van der Waals surface area contributed by atoms with Crippen molar-refractivity contribution in [2.75, 3.05) is 5.32 Å². The molecule has 1 N–H and O–H groups in total. The van der Waals surface area contributed by atoms with Crippen LogP contribution in [0.2, 0.25) is 0 Å². The van der Waals surface area contributed by atoms with Gasteiger partial charge in [0.1, 0.15) is 5.56 Å². The van der Waals surface area contributed by atoms with Crippen LogP contribution in [0.3, 0.4) is 0 Å². The molecule has 0 unspecified atom stereocenters. The summed E-state index contributed by atoms with van der Waals surface area (Å²) >= 11 is 0. The van der Waals surface area contributed by atoms with Crippen LogP contribution in [0.25, 0.3) is 0 Å². The summed E-state index contributed by atoms with van der Waals surface area (Å²) in [4.78, 5) is 12.4. The van der Waals surface area contributed by atoms with Crippen LogP contribution in [0.1, 0.15) is 60.5 Å². The number of nitrogens with one attached hydrogen (secondary N) is 1. The monoisotopic (exact) mass is 286 g/mol.